The molecule has 1 aliphatic carbocycles. The van der Waals surface area contributed by atoms with Crippen molar-refractivity contribution < 1.29 is 24.2 Å². The van der Waals surface area contributed by atoms with Gasteiger partial charge in [-0.2, -0.15) is 0 Å². The van der Waals surface area contributed by atoms with Crippen LogP contribution in [0.2, 0.25) is 0 Å². The van der Waals surface area contributed by atoms with Crippen LogP contribution in [0.1, 0.15) is 33.8 Å². The van der Waals surface area contributed by atoms with E-state index in [4.69, 9.17) is 4.74 Å². The zero-order valence-corrected chi connectivity index (χ0v) is 13.6. The van der Waals surface area contributed by atoms with E-state index in [-0.39, 0.29) is 23.3 Å². The number of ether oxygens (including phenoxy) is 1. The highest BCUT2D eigenvalue weighted by Gasteiger charge is 2.38. The second-order valence-corrected chi connectivity index (χ2v) is 5.71. The summed E-state index contributed by atoms with van der Waals surface area (Å²) in [6.07, 6.45) is -0.152. The van der Waals surface area contributed by atoms with E-state index < -0.39 is 23.5 Å². The minimum absolute atomic E-state index is 0.0692. The van der Waals surface area contributed by atoms with E-state index in [2.05, 4.69) is 0 Å². The van der Waals surface area contributed by atoms with Gasteiger partial charge in [0.05, 0.1) is 19.1 Å². The van der Waals surface area contributed by atoms with Gasteiger partial charge < -0.3 is 9.84 Å². The number of carbonyl (C=O) groups excluding carboxylic acids is 3. The second-order valence-electron chi connectivity index (χ2n) is 5.71. The predicted octanol–water partition coefficient (Wildman–Crippen LogP) is 3.07. The average molecular weight is 336 g/mol. The van der Waals surface area contributed by atoms with Crippen molar-refractivity contribution >= 4 is 23.3 Å². The summed E-state index contributed by atoms with van der Waals surface area (Å²) in [6.45, 7) is 0. The zero-order valence-electron chi connectivity index (χ0n) is 13.6. The molecule has 1 atom stereocenters. The molecule has 126 valence electrons. The van der Waals surface area contributed by atoms with Gasteiger partial charge in [-0.15, -0.1) is 0 Å². The Balaban J connectivity index is 2.19. The Kier molecular flexibility index (Phi) is 4.48. The van der Waals surface area contributed by atoms with Crippen molar-refractivity contribution in [3.8, 4) is 0 Å². The van der Waals surface area contributed by atoms with Crippen LogP contribution in [0.3, 0.4) is 0 Å². The molecule has 0 unspecified atom stereocenters. The quantitative estimate of drug-likeness (QED) is 0.685. The third-order valence-corrected chi connectivity index (χ3v) is 4.28. The van der Waals surface area contributed by atoms with E-state index in [1.165, 1.54) is 13.2 Å². The van der Waals surface area contributed by atoms with Crippen molar-refractivity contribution in [3.05, 3.63) is 76.9 Å². The molecule has 2 aromatic rings. The molecule has 0 radical (unpaired) electrons. The molecule has 0 saturated carbocycles. The summed E-state index contributed by atoms with van der Waals surface area (Å²) in [4.78, 5) is 37.0. The van der Waals surface area contributed by atoms with Crippen LogP contribution in [0.5, 0.6) is 0 Å². The Hall–Kier alpha value is -3.21. The normalized spacial score (nSPS) is 14.9. The molecule has 1 aliphatic rings. The molecule has 1 N–H and O–H groups in total. The molecule has 0 aromatic heterocycles. The van der Waals surface area contributed by atoms with Crippen molar-refractivity contribution in [1.29, 1.82) is 0 Å². The molecule has 0 saturated heterocycles. The molecule has 0 bridgehead atoms. The van der Waals surface area contributed by atoms with Crippen LogP contribution in [-0.2, 0) is 14.3 Å². The average Bonchev–Trinajstić information content (AvgIpc) is 2.66. The standard InChI is InChI=1S/C20H16O5/c1-25-16(21)11-15(12-7-3-2-4-8-12)17-18(22)13-9-5-6-10-14(13)19(23)20(17)24/h2-10,15,22H,11H2,1H3/t15-/m0/s1. The van der Waals surface area contributed by atoms with Crippen LogP contribution in [-0.4, -0.2) is 29.8 Å². The Morgan fingerprint density at radius 1 is 0.960 bits per heavy atom. The molecule has 0 amide bonds. The fourth-order valence-electron chi connectivity index (χ4n) is 3.03. The molecule has 25 heavy (non-hydrogen) atoms. The fourth-order valence-corrected chi connectivity index (χ4v) is 3.03. The van der Waals surface area contributed by atoms with Crippen molar-refractivity contribution in [3.63, 3.8) is 0 Å². The number of Topliss-reactive ketones (excluding diaryl/α,β-unsaturated/α-hetero) is 2. The van der Waals surface area contributed by atoms with E-state index in [1.807, 2.05) is 0 Å². The van der Waals surface area contributed by atoms with Crippen molar-refractivity contribution in [2.75, 3.05) is 7.11 Å². The molecular formula is C20H16O5. The molecule has 5 heteroatoms. The highest BCUT2D eigenvalue weighted by Crippen LogP contribution is 2.38. The van der Waals surface area contributed by atoms with Crippen LogP contribution in [0.15, 0.2) is 60.2 Å². The van der Waals surface area contributed by atoms with E-state index >= 15 is 0 Å². The van der Waals surface area contributed by atoms with E-state index in [9.17, 15) is 19.5 Å². The Morgan fingerprint density at radius 3 is 2.20 bits per heavy atom. The molecule has 5 nitrogen and oxygen atoms in total. The SMILES string of the molecule is COC(=O)C[C@H](C1=C(O)c2ccccc2C(=O)C1=O)c1ccccc1. The lowest BCUT2D eigenvalue weighted by Crippen LogP contribution is -2.28. The first kappa shape index (κ1) is 16.6. The van der Waals surface area contributed by atoms with E-state index in [1.54, 1.807) is 48.5 Å². The second kappa shape index (κ2) is 6.73. The number of rotatable bonds is 4. The van der Waals surface area contributed by atoms with Crippen molar-refractivity contribution in [2.45, 2.75) is 12.3 Å². The van der Waals surface area contributed by atoms with E-state index in [0.29, 0.717) is 11.1 Å². The van der Waals surface area contributed by atoms with Crippen LogP contribution < -0.4 is 0 Å². The first-order valence-corrected chi connectivity index (χ1v) is 7.78. The largest absolute Gasteiger partial charge is 0.507 e. The fraction of sp³-hybridized carbons (Fsp3) is 0.150. The summed E-state index contributed by atoms with van der Waals surface area (Å²) in [7, 11) is 1.25. The molecule has 0 aliphatic heterocycles. The molecule has 2 aromatic carbocycles. The lowest BCUT2D eigenvalue weighted by Gasteiger charge is -2.24. The van der Waals surface area contributed by atoms with Gasteiger partial charge in [-0.05, 0) is 5.56 Å². The van der Waals surface area contributed by atoms with Gasteiger partial charge in [0, 0.05) is 17.0 Å². The maximum absolute atomic E-state index is 12.7. The first-order chi connectivity index (χ1) is 12.0. The van der Waals surface area contributed by atoms with Gasteiger partial charge in [0.15, 0.2) is 0 Å². The maximum Gasteiger partial charge on any atom is 0.306 e. The van der Waals surface area contributed by atoms with Crippen molar-refractivity contribution in [1.82, 2.24) is 0 Å². The maximum atomic E-state index is 12.7. The Bertz CT molecular complexity index is 880. The third-order valence-electron chi connectivity index (χ3n) is 4.28. The molecule has 0 heterocycles. The number of fused-ring (bicyclic) bond motifs is 1. The van der Waals surface area contributed by atoms with Gasteiger partial charge >= 0.3 is 5.97 Å². The van der Waals surface area contributed by atoms with Gasteiger partial charge in [0.1, 0.15) is 5.76 Å². The van der Waals surface area contributed by atoms with Crippen LogP contribution in [0.4, 0.5) is 0 Å². The van der Waals surface area contributed by atoms with Gasteiger partial charge in [0.25, 0.3) is 0 Å². The summed E-state index contributed by atoms with van der Waals surface area (Å²) in [6, 6.07) is 15.2. The Morgan fingerprint density at radius 2 is 1.56 bits per heavy atom. The molecule has 3 rings (SSSR count). The number of esters is 1. The van der Waals surface area contributed by atoms with Crippen LogP contribution in [0, 0.1) is 0 Å². The minimum atomic E-state index is -0.797. The van der Waals surface area contributed by atoms with Gasteiger partial charge in [-0.25, -0.2) is 0 Å². The highest BCUT2D eigenvalue weighted by atomic mass is 16.5. The zero-order chi connectivity index (χ0) is 18.0. The monoisotopic (exact) mass is 336 g/mol. The van der Waals surface area contributed by atoms with Crippen LogP contribution in [0.25, 0.3) is 5.76 Å². The number of aliphatic hydroxyl groups is 1. The number of aliphatic hydroxyl groups excluding tert-OH is 1. The number of ketones is 2. The number of hydrogen-bond donors (Lipinski definition) is 1. The van der Waals surface area contributed by atoms with Crippen LogP contribution >= 0.6 is 0 Å². The summed E-state index contributed by atoms with van der Waals surface area (Å²) < 4.78 is 4.72. The third kappa shape index (κ3) is 2.96. The molecule has 0 spiro atoms. The van der Waals surface area contributed by atoms with E-state index in [0.717, 1.165) is 0 Å². The summed E-state index contributed by atoms with van der Waals surface area (Å²) >= 11 is 0. The molecular weight excluding hydrogens is 320 g/mol. The Labute approximate surface area is 144 Å². The van der Waals surface area contributed by atoms with Gasteiger partial charge in [-0.1, -0.05) is 54.6 Å². The first-order valence-electron chi connectivity index (χ1n) is 7.78. The number of carbonyl (C=O) groups is 3. The predicted molar refractivity (Wildman–Crippen MR) is 91.1 cm³/mol. The smallest absolute Gasteiger partial charge is 0.306 e. The summed E-state index contributed by atoms with van der Waals surface area (Å²) in [5.41, 5.74) is 1.04. The number of benzene rings is 2. The molecule has 0 fully saturated rings. The van der Waals surface area contributed by atoms with Crippen molar-refractivity contribution in [2.24, 2.45) is 0 Å². The summed E-state index contributed by atoms with van der Waals surface area (Å²) in [5, 5.41) is 10.7. The van der Waals surface area contributed by atoms with Gasteiger partial charge in [-0.3, -0.25) is 14.4 Å². The van der Waals surface area contributed by atoms with Gasteiger partial charge in [0.2, 0.25) is 11.6 Å². The number of hydrogen-bond acceptors (Lipinski definition) is 5. The lowest BCUT2D eigenvalue weighted by atomic mass is 9.78. The highest BCUT2D eigenvalue weighted by molar-refractivity contribution is 6.52. The number of allylic oxidation sites excluding steroid dienone is 1. The minimum Gasteiger partial charge on any atom is -0.507 e. The number of methoxy groups -OCH3 is 1. The lowest BCUT2D eigenvalue weighted by molar-refractivity contribution is -0.140. The summed E-state index contributed by atoms with van der Waals surface area (Å²) in [5.74, 6) is -3.05. The topological polar surface area (TPSA) is 80.7 Å².